The van der Waals surface area contributed by atoms with E-state index in [-0.39, 0.29) is 5.82 Å². The zero-order valence-electron chi connectivity index (χ0n) is 7.91. The molecule has 1 aromatic heterocycles. The van der Waals surface area contributed by atoms with Crippen LogP contribution in [0, 0.1) is 19.7 Å². The van der Waals surface area contributed by atoms with Crippen LogP contribution in [0.15, 0.2) is 22.7 Å². The van der Waals surface area contributed by atoms with E-state index in [0.717, 1.165) is 0 Å². The molecule has 0 saturated heterocycles. The van der Waals surface area contributed by atoms with Crippen LogP contribution in [0.1, 0.15) is 11.5 Å². The topological polar surface area (TPSA) is 38.9 Å². The van der Waals surface area contributed by atoms with Gasteiger partial charge in [0, 0.05) is 12.5 Å². The maximum absolute atomic E-state index is 13.2. The monoisotopic (exact) mass is 192 g/mol. The van der Waals surface area contributed by atoms with Crippen molar-refractivity contribution in [1.29, 1.82) is 0 Å². The van der Waals surface area contributed by atoms with Gasteiger partial charge in [-0.3, -0.25) is 0 Å². The lowest BCUT2D eigenvalue weighted by atomic mass is 10.1. The first-order chi connectivity index (χ1) is 6.68. The van der Waals surface area contributed by atoms with Crippen LogP contribution >= 0.6 is 0 Å². The summed E-state index contributed by atoms with van der Waals surface area (Å²) in [7, 11) is 0. The molecule has 2 rings (SSSR count). The Kier molecular flexibility index (Phi) is 2.04. The van der Waals surface area contributed by atoms with Gasteiger partial charge in [0.05, 0.1) is 0 Å². The molecule has 0 saturated carbocycles. The van der Waals surface area contributed by atoms with Crippen LogP contribution in [0.3, 0.4) is 0 Å². The van der Waals surface area contributed by atoms with Crippen LogP contribution < -0.4 is 0 Å². The summed E-state index contributed by atoms with van der Waals surface area (Å²) < 4.78 is 18.0. The molecule has 0 fully saturated rings. The van der Waals surface area contributed by atoms with E-state index in [1.165, 1.54) is 6.07 Å². The molecule has 0 aliphatic heterocycles. The maximum atomic E-state index is 13.2. The van der Waals surface area contributed by atoms with Gasteiger partial charge in [-0.2, -0.15) is 4.98 Å². The molecular formula is C10H9FN2O. The third-order valence-corrected chi connectivity index (χ3v) is 2.04. The first-order valence-corrected chi connectivity index (χ1v) is 4.24. The predicted octanol–water partition coefficient (Wildman–Crippen LogP) is 2.49. The predicted molar refractivity (Wildman–Crippen MR) is 49.2 cm³/mol. The van der Waals surface area contributed by atoms with Crippen molar-refractivity contribution < 1.29 is 8.91 Å². The Balaban J connectivity index is 2.57. The van der Waals surface area contributed by atoms with Crippen molar-refractivity contribution in [1.82, 2.24) is 10.1 Å². The highest BCUT2D eigenvalue weighted by Crippen LogP contribution is 2.21. The highest BCUT2D eigenvalue weighted by atomic mass is 19.1. The summed E-state index contributed by atoms with van der Waals surface area (Å²) >= 11 is 0. The van der Waals surface area contributed by atoms with E-state index in [1.54, 1.807) is 26.0 Å². The second-order valence-electron chi connectivity index (χ2n) is 3.05. The smallest absolute Gasteiger partial charge is 0.223 e. The van der Waals surface area contributed by atoms with E-state index < -0.39 is 0 Å². The number of aryl methyl sites for hydroxylation is 1. The van der Waals surface area contributed by atoms with Crippen molar-refractivity contribution >= 4 is 0 Å². The Morgan fingerprint density at radius 1 is 1.29 bits per heavy atom. The molecule has 3 nitrogen and oxygen atoms in total. The lowest BCUT2D eigenvalue weighted by Gasteiger charge is -2.00. The van der Waals surface area contributed by atoms with Gasteiger partial charge in [-0.05, 0) is 18.6 Å². The van der Waals surface area contributed by atoms with Gasteiger partial charge in [-0.15, -0.1) is 0 Å². The second-order valence-corrected chi connectivity index (χ2v) is 3.05. The molecule has 0 aliphatic carbocycles. The molecule has 0 amide bonds. The molecule has 72 valence electrons. The second kappa shape index (κ2) is 3.21. The molecular weight excluding hydrogens is 183 g/mol. The molecule has 0 atom stereocenters. The summed E-state index contributed by atoms with van der Waals surface area (Å²) in [6.45, 7) is 3.39. The van der Waals surface area contributed by atoms with Crippen LogP contribution in [0.2, 0.25) is 0 Å². The molecule has 0 N–H and O–H groups in total. The maximum Gasteiger partial charge on any atom is 0.223 e. The van der Waals surface area contributed by atoms with Crippen LogP contribution in [0.25, 0.3) is 11.4 Å². The molecule has 4 heteroatoms. The van der Waals surface area contributed by atoms with Gasteiger partial charge >= 0.3 is 0 Å². The normalized spacial score (nSPS) is 10.5. The van der Waals surface area contributed by atoms with Gasteiger partial charge in [0.15, 0.2) is 0 Å². The average molecular weight is 192 g/mol. The zero-order chi connectivity index (χ0) is 10.1. The standard InChI is InChI=1S/C10H9FN2O/c1-6-8(4-3-5-9(6)11)10-12-7(2)14-13-10/h3-5H,1-2H3. The van der Waals surface area contributed by atoms with E-state index in [9.17, 15) is 4.39 Å². The summed E-state index contributed by atoms with van der Waals surface area (Å²) in [5.41, 5.74) is 1.20. The third-order valence-electron chi connectivity index (χ3n) is 2.04. The Hall–Kier alpha value is -1.71. The van der Waals surface area contributed by atoms with Crippen molar-refractivity contribution in [2.24, 2.45) is 0 Å². The number of hydrogen-bond donors (Lipinski definition) is 0. The summed E-state index contributed by atoms with van der Waals surface area (Å²) in [4.78, 5) is 4.04. The van der Waals surface area contributed by atoms with Crippen molar-refractivity contribution in [3.8, 4) is 11.4 Å². The summed E-state index contributed by atoms with van der Waals surface area (Å²) in [5, 5.41) is 3.74. The number of benzene rings is 1. The molecule has 1 aromatic carbocycles. The van der Waals surface area contributed by atoms with Gasteiger partial charge in [-0.1, -0.05) is 17.3 Å². The lowest BCUT2D eigenvalue weighted by molar-refractivity contribution is 0.394. The summed E-state index contributed by atoms with van der Waals surface area (Å²) in [6, 6.07) is 4.80. The molecule has 2 aromatic rings. The average Bonchev–Trinajstić information content (AvgIpc) is 2.57. The van der Waals surface area contributed by atoms with E-state index in [0.29, 0.717) is 22.8 Å². The fraction of sp³-hybridized carbons (Fsp3) is 0.200. The minimum Gasteiger partial charge on any atom is -0.339 e. The molecule has 14 heavy (non-hydrogen) atoms. The van der Waals surface area contributed by atoms with Crippen LogP contribution in [0.4, 0.5) is 4.39 Å². The highest BCUT2D eigenvalue weighted by Gasteiger charge is 2.10. The first-order valence-electron chi connectivity index (χ1n) is 4.24. The van der Waals surface area contributed by atoms with Crippen LogP contribution in [-0.4, -0.2) is 10.1 Å². The largest absolute Gasteiger partial charge is 0.339 e. The van der Waals surface area contributed by atoms with Crippen LogP contribution in [-0.2, 0) is 0 Å². The van der Waals surface area contributed by atoms with Crippen LogP contribution in [0.5, 0.6) is 0 Å². The first kappa shape index (κ1) is 8.87. The summed E-state index contributed by atoms with van der Waals surface area (Å²) in [5.74, 6) is 0.646. The van der Waals surface area contributed by atoms with Crippen molar-refractivity contribution in [3.63, 3.8) is 0 Å². The fourth-order valence-electron chi connectivity index (χ4n) is 1.26. The Morgan fingerprint density at radius 3 is 2.71 bits per heavy atom. The van der Waals surface area contributed by atoms with Gasteiger partial charge in [0.25, 0.3) is 0 Å². The minimum absolute atomic E-state index is 0.259. The molecule has 0 aliphatic rings. The number of halogens is 1. The van der Waals surface area contributed by atoms with Gasteiger partial charge < -0.3 is 4.52 Å². The SMILES string of the molecule is Cc1nc(-c2cccc(F)c2C)no1. The lowest BCUT2D eigenvalue weighted by Crippen LogP contribution is -1.89. The molecule has 0 radical (unpaired) electrons. The minimum atomic E-state index is -0.259. The number of nitrogens with zero attached hydrogens (tertiary/aromatic N) is 2. The Morgan fingerprint density at radius 2 is 2.07 bits per heavy atom. The number of aromatic nitrogens is 2. The fourth-order valence-corrected chi connectivity index (χ4v) is 1.26. The molecule has 0 spiro atoms. The summed E-state index contributed by atoms with van der Waals surface area (Å²) in [6.07, 6.45) is 0. The van der Waals surface area contributed by atoms with E-state index in [4.69, 9.17) is 4.52 Å². The van der Waals surface area contributed by atoms with E-state index >= 15 is 0 Å². The zero-order valence-corrected chi connectivity index (χ0v) is 7.91. The Bertz CT molecular complexity index is 465. The molecule has 0 bridgehead atoms. The quantitative estimate of drug-likeness (QED) is 0.696. The van der Waals surface area contributed by atoms with Crippen molar-refractivity contribution in [2.75, 3.05) is 0 Å². The Labute approximate surface area is 80.6 Å². The van der Waals surface area contributed by atoms with Gasteiger partial charge in [0.1, 0.15) is 5.82 Å². The van der Waals surface area contributed by atoms with E-state index in [2.05, 4.69) is 10.1 Å². The highest BCUT2D eigenvalue weighted by molar-refractivity contribution is 5.59. The molecule has 1 heterocycles. The van der Waals surface area contributed by atoms with Crippen molar-refractivity contribution in [2.45, 2.75) is 13.8 Å². The van der Waals surface area contributed by atoms with Gasteiger partial charge in [0.2, 0.25) is 11.7 Å². The molecule has 0 unspecified atom stereocenters. The number of rotatable bonds is 1. The van der Waals surface area contributed by atoms with Gasteiger partial charge in [-0.25, -0.2) is 4.39 Å². The number of hydrogen-bond acceptors (Lipinski definition) is 3. The van der Waals surface area contributed by atoms with Crippen molar-refractivity contribution in [3.05, 3.63) is 35.5 Å². The van der Waals surface area contributed by atoms with E-state index in [1.807, 2.05) is 0 Å². The third kappa shape index (κ3) is 1.39.